The van der Waals surface area contributed by atoms with Crippen molar-refractivity contribution < 1.29 is 21.3 Å². The summed E-state index contributed by atoms with van der Waals surface area (Å²) in [7, 11) is -7.28. The molecule has 0 fully saturated rings. The van der Waals surface area contributed by atoms with Crippen molar-refractivity contribution in [2.75, 3.05) is 11.0 Å². The van der Waals surface area contributed by atoms with Gasteiger partial charge in [-0.3, -0.25) is 4.72 Å². The van der Waals surface area contributed by atoms with Gasteiger partial charge in [-0.25, -0.2) is 26.8 Å². The summed E-state index contributed by atoms with van der Waals surface area (Å²) in [5.74, 6) is 0.993. The lowest BCUT2D eigenvalue weighted by Crippen LogP contribution is -2.12. The molecule has 0 aliphatic carbocycles. The van der Waals surface area contributed by atoms with Gasteiger partial charge >= 0.3 is 0 Å². The van der Waals surface area contributed by atoms with Crippen molar-refractivity contribution in [3.63, 3.8) is 0 Å². The number of hydrogen-bond acceptors (Lipinski definition) is 8. The summed E-state index contributed by atoms with van der Waals surface area (Å²) in [6.07, 6.45) is 2.74. The highest BCUT2D eigenvalue weighted by Crippen LogP contribution is 2.31. The SMILES string of the molecule is CS(=O)(=O)c1ccc2nc(NS(=O)(=O)c3ccc(-c4ncc(-c5ccccc5)o4)cc3)sc2c1. The van der Waals surface area contributed by atoms with Gasteiger partial charge in [0.05, 0.1) is 26.2 Å². The molecule has 0 radical (unpaired) electrons. The molecule has 0 spiro atoms. The molecule has 0 atom stereocenters. The number of oxazole rings is 1. The molecule has 2 heterocycles. The number of benzene rings is 3. The lowest BCUT2D eigenvalue weighted by Gasteiger charge is -2.05. The van der Waals surface area contributed by atoms with Crippen molar-refractivity contribution in [1.82, 2.24) is 9.97 Å². The van der Waals surface area contributed by atoms with Gasteiger partial charge < -0.3 is 4.42 Å². The Morgan fingerprint density at radius 1 is 0.853 bits per heavy atom. The Morgan fingerprint density at radius 2 is 1.56 bits per heavy atom. The quantitative estimate of drug-likeness (QED) is 0.347. The maximum atomic E-state index is 12.9. The number of aromatic nitrogens is 2. The predicted molar refractivity (Wildman–Crippen MR) is 131 cm³/mol. The summed E-state index contributed by atoms with van der Waals surface area (Å²) in [5, 5.41) is 0.143. The Labute approximate surface area is 199 Å². The Morgan fingerprint density at radius 3 is 2.26 bits per heavy atom. The van der Waals surface area contributed by atoms with Gasteiger partial charge in [0.25, 0.3) is 10.0 Å². The van der Waals surface area contributed by atoms with Crippen LogP contribution in [0.1, 0.15) is 0 Å². The molecule has 2 aromatic heterocycles. The van der Waals surface area contributed by atoms with Gasteiger partial charge in [0.1, 0.15) is 0 Å². The van der Waals surface area contributed by atoms with Gasteiger partial charge in [-0.15, -0.1) is 0 Å². The summed E-state index contributed by atoms with van der Waals surface area (Å²) in [6, 6.07) is 20.2. The van der Waals surface area contributed by atoms with Crippen molar-refractivity contribution in [2.24, 2.45) is 0 Å². The topological polar surface area (TPSA) is 119 Å². The molecule has 8 nitrogen and oxygen atoms in total. The highest BCUT2D eigenvalue weighted by molar-refractivity contribution is 7.93. The Hall–Kier alpha value is -3.54. The molecule has 0 unspecified atom stereocenters. The van der Waals surface area contributed by atoms with Crippen LogP contribution < -0.4 is 4.72 Å². The Bertz CT molecular complexity index is 1710. The van der Waals surface area contributed by atoms with E-state index in [2.05, 4.69) is 14.7 Å². The summed E-state index contributed by atoms with van der Waals surface area (Å²) >= 11 is 1.06. The smallest absolute Gasteiger partial charge is 0.263 e. The fraction of sp³-hybridized carbons (Fsp3) is 0.0435. The number of hydrogen-bond donors (Lipinski definition) is 1. The molecule has 0 saturated carbocycles. The molecule has 5 aromatic rings. The number of sulfonamides is 1. The highest BCUT2D eigenvalue weighted by atomic mass is 32.2. The van der Waals surface area contributed by atoms with Crippen molar-refractivity contribution in [2.45, 2.75) is 9.79 Å². The fourth-order valence-corrected chi connectivity index (χ4v) is 6.13. The second kappa shape index (κ2) is 8.35. The van der Waals surface area contributed by atoms with Gasteiger partial charge in [-0.1, -0.05) is 41.7 Å². The fourth-order valence-electron chi connectivity index (χ4n) is 3.27. The zero-order chi connectivity index (χ0) is 23.9. The Kier molecular flexibility index (Phi) is 5.47. The van der Waals surface area contributed by atoms with Crippen LogP contribution in [0.2, 0.25) is 0 Å². The van der Waals surface area contributed by atoms with Gasteiger partial charge in [0, 0.05) is 17.4 Å². The van der Waals surface area contributed by atoms with Crippen LogP contribution in [-0.4, -0.2) is 33.1 Å². The zero-order valence-corrected chi connectivity index (χ0v) is 20.1. The summed E-state index contributed by atoms with van der Waals surface area (Å²) in [4.78, 5) is 8.73. The molecule has 1 N–H and O–H groups in total. The molecule has 0 aliphatic rings. The normalized spacial score (nSPS) is 12.1. The molecular weight excluding hydrogens is 494 g/mol. The summed E-state index contributed by atoms with van der Waals surface area (Å²) in [6.45, 7) is 0. The third-order valence-corrected chi connectivity index (χ3v) is 8.51. The standard InChI is InChI=1S/C23H17N3O5S3/c1-33(27,28)18-11-12-19-21(13-18)32-23(25-19)26-34(29,30)17-9-7-16(8-10-17)22-24-14-20(31-22)15-5-3-2-4-6-15/h2-14H,1H3,(H,25,26). The first-order chi connectivity index (χ1) is 16.2. The van der Waals surface area contributed by atoms with E-state index >= 15 is 0 Å². The minimum Gasteiger partial charge on any atom is -0.436 e. The van der Waals surface area contributed by atoms with E-state index in [1.54, 1.807) is 24.4 Å². The first-order valence-electron chi connectivity index (χ1n) is 9.94. The largest absolute Gasteiger partial charge is 0.436 e. The van der Waals surface area contributed by atoms with E-state index in [1.165, 1.54) is 24.3 Å². The average Bonchev–Trinajstić information content (AvgIpc) is 3.45. The molecule has 5 rings (SSSR count). The van der Waals surface area contributed by atoms with Crippen molar-refractivity contribution in [1.29, 1.82) is 0 Å². The molecule has 0 aliphatic heterocycles. The van der Waals surface area contributed by atoms with Crippen molar-refractivity contribution in [3.05, 3.63) is 79.0 Å². The minimum absolute atomic E-state index is 0.0437. The second-order valence-electron chi connectivity index (χ2n) is 7.45. The van der Waals surface area contributed by atoms with E-state index in [-0.39, 0.29) is 14.9 Å². The summed E-state index contributed by atoms with van der Waals surface area (Å²) < 4.78 is 58.1. The number of rotatable bonds is 6. The summed E-state index contributed by atoms with van der Waals surface area (Å²) in [5.41, 5.74) is 2.03. The first kappa shape index (κ1) is 22.3. The zero-order valence-electron chi connectivity index (χ0n) is 17.7. The number of fused-ring (bicyclic) bond motifs is 1. The van der Waals surface area contributed by atoms with Crippen LogP contribution in [-0.2, 0) is 19.9 Å². The van der Waals surface area contributed by atoms with Gasteiger partial charge in [0.15, 0.2) is 20.7 Å². The second-order valence-corrected chi connectivity index (χ2v) is 12.2. The number of sulfone groups is 1. The van der Waals surface area contributed by atoms with Gasteiger partial charge in [0.2, 0.25) is 5.89 Å². The molecular formula is C23H17N3O5S3. The lowest BCUT2D eigenvalue weighted by atomic mass is 10.2. The van der Waals surface area contributed by atoms with E-state index in [0.29, 0.717) is 27.4 Å². The van der Waals surface area contributed by atoms with Crippen molar-refractivity contribution >= 4 is 46.5 Å². The van der Waals surface area contributed by atoms with Crippen LogP contribution in [0.4, 0.5) is 5.13 Å². The number of anilines is 1. The molecule has 172 valence electrons. The first-order valence-corrected chi connectivity index (χ1v) is 14.1. The van der Waals surface area contributed by atoms with Crippen LogP contribution in [0.25, 0.3) is 33.0 Å². The number of thiazole rings is 1. The molecule has 34 heavy (non-hydrogen) atoms. The monoisotopic (exact) mass is 511 g/mol. The lowest BCUT2D eigenvalue weighted by molar-refractivity contribution is 0.588. The van der Waals surface area contributed by atoms with Crippen LogP contribution in [0.3, 0.4) is 0 Å². The van der Waals surface area contributed by atoms with Crippen LogP contribution >= 0.6 is 11.3 Å². The van der Waals surface area contributed by atoms with Crippen LogP contribution in [0, 0.1) is 0 Å². The molecule has 0 bridgehead atoms. The Balaban J connectivity index is 1.37. The third kappa shape index (κ3) is 4.45. The average molecular weight is 512 g/mol. The molecule has 0 saturated heterocycles. The van der Waals surface area contributed by atoms with Crippen molar-refractivity contribution in [3.8, 4) is 22.8 Å². The molecule has 0 amide bonds. The van der Waals surface area contributed by atoms with Crippen LogP contribution in [0.15, 0.2) is 93.2 Å². The predicted octanol–water partition coefficient (Wildman–Crippen LogP) is 4.82. The highest BCUT2D eigenvalue weighted by Gasteiger charge is 2.18. The van der Waals surface area contributed by atoms with E-state index in [9.17, 15) is 16.8 Å². The maximum absolute atomic E-state index is 12.9. The third-order valence-electron chi connectivity index (χ3n) is 4.99. The number of nitrogens with zero attached hydrogens (tertiary/aromatic N) is 2. The van der Waals surface area contributed by atoms with E-state index in [4.69, 9.17) is 4.42 Å². The van der Waals surface area contributed by atoms with Crippen LogP contribution in [0.5, 0.6) is 0 Å². The molecule has 11 heteroatoms. The van der Waals surface area contributed by atoms with E-state index in [0.717, 1.165) is 23.2 Å². The minimum atomic E-state index is -3.91. The van der Waals surface area contributed by atoms with Gasteiger partial charge in [-0.05, 0) is 42.5 Å². The maximum Gasteiger partial charge on any atom is 0.263 e. The van der Waals surface area contributed by atoms with E-state index in [1.807, 2.05) is 30.3 Å². The van der Waals surface area contributed by atoms with Gasteiger partial charge in [-0.2, -0.15) is 0 Å². The molecule has 3 aromatic carbocycles. The van der Waals surface area contributed by atoms with E-state index < -0.39 is 19.9 Å². The number of nitrogens with one attached hydrogen (secondary N) is 1.